The van der Waals surface area contributed by atoms with Gasteiger partial charge in [-0.15, -0.1) is 0 Å². The molecular weight excluding hydrogens is 382 g/mol. The van der Waals surface area contributed by atoms with Crippen molar-refractivity contribution in [2.45, 2.75) is 45.9 Å². The number of ether oxygens (including phenoxy) is 1. The highest BCUT2D eigenvalue weighted by molar-refractivity contribution is 6.10. The van der Waals surface area contributed by atoms with E-state index in [1.165, 1.54) is 0 Å². The molecule has 2 N–H and O–H groups in total. The van der Waals surface area contributed by atoms with Crippen LogP contribution in [0, 0.1) is 6.92 Å². The predicted molar refractivity (Wildman–Crippen MR) is 114 cm³/mol. The Balaban J connectivity index is 1.67. The van der Waals surface area contributed by atoms with E-state index in [0.717, 1.165) is 16.0 Å². The quantitative estimate of drug-likeness (QED) is 0.687. The summed E-state index contributed by atoms with van der Waals surface area (Å²) in [7, 11) is 0. The summed E-state index contributed by atoms with van der Waals surface area (Å²) in [6, 6.07) is 14.1. The minimum absolute atomic E-state index is 0.103. The lowest BCUT2D eigenvalue weighted by molar-refractivity contribution is -0.133. The number of amides is 4. The monoisotopic (exact) mass is 409 g/mol. The summed E-state index contributed by atoms with van der Waals surface area (Å²) in [6.45, 7) is 7.57. The lowest BCUT2D eigenvalue weighted by Gasteiger charge is -2.22. The number of rotatable bonds is 7. The number of carbonyl (C=O) groups is 3. The molecule has 1 fully saturated rings. The molecule has 7 nitrogen and oxygen atoms in total. The van der Waals surface area contributed by atoms with Gasteiger partial charge in [0.1, 0.15) is 12.1 Å². The number of imide groups is 1. The molecule has 0 saturated carbocycles. The van der Waals surface area contributed by atoms with Gasteiger partial charge in [0.15, 0.2) is 0 Å². The Morgan fingerprint density at radius 2 is 1.87 bits per heavy atom. The zero-order chi connectivity index (χ0) is 21.9. The Morgan fingerprint density at radius 3 is 2.53 bits per heavy atom. The van der Waals surface area contributed by atoms with Crippen LogP contribution in [0.1, 0.15) is 37.5 Å². The number of nitrogens with zero attached hydrogens (tertiary/aromatic N) is 1. The van der Waals surface area contributed by atoms with Gasteiger partial charge in [-0.2, -0.15) is 0 Å². The van der Waals surface area contributed by atoms with Gasteiger partial charge in [0.25, 0.3) is 5.91 Å². The van der Waals surface area contributed by atoms with Crippen molar-refractivity contribution < 1.29 is 19.1 Å². The average Bonchev–Trinajstić information content (AvgIpc) is 2.91. The zero-order valence-corrected chi connectivity index (χ0v) is 17.7. The van der Waals surface area contributed by atoms with E-state index >= 15 is 0 Å². The minimum Gasteiger partial charge on any atom is -0.374 e. The molecule has 2 aromatic carbocycles. The number of urea groups is 1. The molecule has 1 unspecified atom stereocenters. The van der Waals surface area contributed by atoms with Gasteiger partial charge in [0.05, 0.1) is 12.7 Å². The van der Waals surface area contributed by atoms with Crippen molar-refractivity contribution in [1.82, 2.24) is 10.2 Å². The third kappa shape index (κ3) is 4.68. The van der Waals surface area contributed by atoms with E-state index in [4.69, 9.17) is 4.74 Å². The largest absolute Gasteiger partial charge is 0.374 e. The lowest BCUT2D eigenvalue weighted by Crippen LogP contribution is -2.42. The molecule has 4 amide bonds. The maximum Gasteiger partial charge on any atom is 0.325 e. The number of anilines is 1. The van der Waals surface area contributed by atoms with Gasteiger partial charge in [-0.25, -0.2) is 4.79 Å². The third-order valence-electron chi connectivity index (χ3n) is 5.00. The van der Waals surface area contributed by atoms with Gasteiger partial charge in [-0.3, -0.25) is 14.5 Å². The van der Waals surface area contributed by atoms with Crippen LogP contribution in [0.5, 0.6) is 0 Å². The summed E-state index contributed by atoms with van der Waals surface area (Å²) < 4.78 is 5.58. The van der Waals surface area contributed by atoms with E-state index in [1.54, 1.807) is 13.0 Å². The highest BCUT2D eigenvalue weighted by Gasteiger charge is 2.49. The minimum atomic E-state index is -1.20. The van der Waals surface area contributed by atoms with Gasteiger partial charge in [0, 0.05) is 5.69 Å². The van der Waals surface area contributed by atoms with Crippen molar-refractivity contribution in [2.75, 3.05) is 11.9 Å². The Kier molecular flexibility index (Phi) is 6.22. The van der Waals surface area contributed by atoms with E-state index < -0.39 is 23.4 Å². The van der Waals surface area contributed by atoms with Crippen LogP contribution < -0.4 is 10.6 Å². The second kappa shape index (κ2) is 8.67. The fraction of sp³-hybridized carbons (Fsp3) is 0.348. The molecule has 0 aromatic heterocycles. The van der Waals surface area contributed by atoms with Crippen molar-refractivity contribution in [3.63, 3.8) is 0 Å². The van der Waals surface area contributed by atoms with Gasteiger partial charge in [0.2, 0.25) is 5.91 Å². The molecule has 1 atom stereocenters. The second-order valence-electron chi connectivity index (χ2n) is 7.92. The van der Waals surface area contributed by atoms with E-state index in [-0.39, 0.29) is 12.6 Å². The maximum absolute atomic E-state index is 13.0. The Bertz CT molecular complexity index is 955. The van der Waals surface area contributed by atoms with Crippen LogP contribution in [0.4, 0.5) is 10.5 Å². The van der Waals surface area contributed by atoms with Crippen molar-refractivity contribution in [2.24, 2.45) is 0 Å². The van der Waals surface area contributed by atoms with E-state index in [1.807, 2.05) is 63.2 Å². The highest BCUT2D eigenvalue weighted by atomic mass is 16.5. The first-order valence-electron chi connectivity index (χ1n) is 9.90. The lowest BCUT2D eigenvalue weighted by atomic mass is 9.91. The normalized spacial score (nSPS) is 18.6. The number of benzene rings is 2. The standard InChI is InChI=1S/C23H27N3O4/c1-15(2)30-14-17-6-5-7-19(12-17)24-20(27)13-26-21(28)23(4,25-22(26)29)18-10-8-16(3)9-11-18/h5-12,15H,13-14H2,1-4H3,(H,24,27)(H,25,29). The predicted octanol–water partition coefficient (Wildman–Crippen LogP) is 3.33. The van der Waals surface area contributed by atoms with Gasteiger partial charge >= 0.3 is 6.03 Å². The van der Waals surface area contributed by atoms with Crippen LogP contribution in [-0.2, 0) is 26.5 Å². The summed E-state index contributed by atoms with van der Waals surface area (Å²) in [5, 5.41) is 5.46. The highest BCUT2D eigenvalue weighted by Crippen LogP contribution is 2.29. The summed E-state index contributed by atoms with van der Waals surface area (Å²) in [4.78, 5) is 38.8. The first-order valence-corrected chi connectivity index (χ1v) is 9.90. The van der Waals surface area contributed by atoms with Crippen molar-refractivity contribution >= 4 is 23.5 Å². The van der Waals surface area contributed by atoms with E-state index in [0.29, 0.717) is 17.9 Å². The summed E-state index contributed by atoms with van der Waals surface area (Å²) >= 11 is 0. The molecule has 1 aliphatic rings. The van der Waals surface area contributed by atoms with Crippen LogP contribution in [0.3, 0.4) is 0 Å². The first kappa shape index (κ1) is 21.5. The van der Waals surface area contributed by atoms with Crippen LogP contribution in [-0.4, -0.2) is 35.4 Å². The zero-order valence-electron chi connectivity index (χ0n) is 17.7. The SMILES string of the molecule is Cc1ccc(C2(C)NC(=O)N(CC(=O)Nc3cccc(COC(C)C)c3)C2=O)cc1. The molecule has 1 heterocycles. The fourth-order valence-corrected chi connectivity index (χ4v) is 3.27. The van der Waals surface area contributed by atoms with Gasteiger partial charge < -0.3 is 15.4 Å². The fourth-order valence-electron chi connectivity index (χ4n) is 3.27. The molecule has 2 aromatic rings. The molecular formula is C23H27N3O4. The van der Waals surface area contributed by atoms with Crippen molar-refractivity contribution in [3.8, 4) is 0 Å². The number of hydrogen-bond donors (Lipinski definition) is 2. The van der Waals surface area contributed by atoms with E-state index in [9.17, 15) is 14.4 Å². The van der Waals surface area contributed by atoms with E-state index in [2.05, 4.69) is 10.6 Å². The molecule has 1 aliphatic heterocycles. The van der Waals surface area contributed by atoms with Crippen LogP contribution in [0.2, 0.25) is 0 Å². The van der Waals surface area contributed by atoms with Crippen LogP contribution in [0.15, 0.2) is 48.5 Å². The topological polar surface area (TPSA) is 87.7 Å². The van der Waals surface area contributed by atoms with Crippen LogP contribution >= 0.6 is 0 Å². The van der Waals surface area contributed by atoms with Gasteiger partial charge in [-0.05, 0) is 51.0 Å². The molecule has 3 rings (SSSR count). The smallest absolute Gasteiger partial charge is 0.325 e. The third-order valence-corrected chi connectivity index (χ3v) is 5.00. The maximum atomic E-state index is 13.0. The molecule has 0 spiro atoms. The number of hydrogen-bond acceptors (Lipinski definition) is 4. The second-order valence-corrected chi connectivity index (χ2v) is 7.92. The number of carbonyl (C=O) groups excluding carboxylic acids is 3. The first-order chi connectivity index (χ1) is 14.2. The van der Waals surface area contributed by atoms with Gasteiger partial charge in [-0.1, -0.05) is 42.0 Å². The number of nitrogens with one attached hydrogen (secondary N) is 2. The summed E-state index contributed by atoms with van der Waals surface area (Å²) in [6.07, 6.45) is 0.103. The molecule has 0 aliphatic carbocycles. The Labute approximate surface area is 176 Å². The molecule has 0 radical (unpaired) electrons. The number of aryl methyl sites for hydroxylation is 1. The average molecular weight is 409 g/mol. The molecule has 158 valence electrons. The summed E-state index contributed by atoms with van der Waals surface area (Å²) in [5.41, 5.74) is 2.03. The molecule has 0 bridgehead atoms. The molecule has 30 heavy (non-hydrogen) atoms. The Hall–Kier alpha value is -3.19. The summed E-state index contributed by atoms with van der Waals surface area (Å²) in [5.74, 6) is -0.904. The van der Waals surface area contributed by atoms with Crippen molar-refractivity contribution in [1.29, 1.82) is 0 Å². The molecule has 7 heteroatoms. The molecule has 1 saturated heterocycles. The Morgan fingerprint density at radius 1 is 1.17 bits per heavy atom. The van der Waals surface area contributed by atoms with Crippen LogP contribution in [0.25, 0.3) is 0 Å². The van der Waals surface area contributed by atoms with Crippen molar-refractivity contribution in [3.05, 3.63) is 65.2 Å².